The first kappa shape index (κ1) is 13.9. The van der Waals surface area contributed by atoms with E-state index in [1.54, 1.807) is 29.8 Å². The minimum absolute atomic E-state index is 0.326. The topological polar surface area (TPSA) is 39.1 Å². The van der Waals surface area contributed by atoms with Crippen molar-refractivity contribution in [3.63, 3.8) is 0 Å². The molecule has 0 saturated carbocycles. The van der Waals surface area contributed by atoms with Gasteiger partial charge in [0.15, 0.2) is 0 Å². The second-order valence-electron chi connectivity index (χ2n) is 5.42. The van der Waals surface area contributed by atoms with E-state index < -0.39 is 9.84 Å². The van der Waals surface area contributed by atoms with Crippen LogP contribution < -0.4 is 0 Å². The summed E-state index contributed by atoms with van der Waals surface area (Å²) in [6.45, 7) is 3.94. The molecule has 0 amide bonds. The van der Waals surface area contributed by atoms with Crippen LogP contribution >= 0.6 is 0 Å². The van der Waals surface area contributed by atoms with E-state index in [9.17, 15) is 8.42 Å². The summed E-state index contributed by atoms with van der Waals surface area (Å²) in [6.07, 6.45) is 0. The van der Waals surface area contributed by atoms with Crippen molar-refractivity contribution in [3.8, 4) is 0 Å². The van der Waals surface area contributed by atoms with Gasteiger partial charge >= 0.3 is 0 Å². The monoisotopic (exact) mass is 299 g/mol. The number of aromatic nitrogens is 1. The molecule has 3 aromatic rings. The fourth-order valence-electron chi connectivity index (χ4n) is 2.51. The third kappa shape index (κ3) is 2.25. The molecule has 0 aliphatic carbocycles. The molecule has 0 unspecified atom stereocenters. The van der Waals surface area contributed by atoms with Gasteiger partial charge in [-0.3, -0.25) is 0 Å². The van der Waals surface area contributed by atoms with Gasteiger partial charge < -0.3 is 4.57 Å². The summed E-state index contributed by atoms with van der Waals surface area (Å²) in [5, 5.41) is 1.26. The highest BCUT2D eigenvalue weighted by molar-refractivity contribution is 7.91. The van der Waals surface area contributed by atoms with Crippen molar-refractivity contribution < 1.29 is 8.42 Å². The molecule has 1 aromatic heterocycles. The number of rotatable bonds is 2. The predicted octanol–water partition coefficient (Wildman–Crippen LogP) is 3.63. The van der Waals surface area contributed by atoms with Crippen molar-refractivity contribution in [1.82, 2.24) is 4.57 Å². The molecule has 0 N–H and O–H groups in total. The van der Waals surface area contributed by atoms with E-state index in [1.807, 2.05) is 44.2 Å². The zero-order valence-electron chi connectivity index (χ0n) is 12.3. The van der Waals surface area contributed by atoms with E-state index in [0.717, 1.165) is 22.0 Å². The summed E-state index contributed by atoms with van der Waals surface area (Å²) < 4.78 is 27.3. The van der Waals surface area contributed by atoms with Crippen molar-refractivity contribution in [3.05, 3.63) is 59.7 Å². The van der Waals surface area contributed by atoms with Crippen LogP contribution in [0.15, 0.2) is 58.5 Å². The van der Waals surface area contributed by atoms with E-state index in [0.29, 0.717) is 9.92 Å². The van der Waals surface area contributed by atoms with Crippen molar-refractivity contribution in [2.45, 2.75) is 23.8 Å². The van der Waals surface area contributed by atoms with Crippen LogP contribution in [-0.2, 0) is 16.9 Å². The lowest BCUT2D eigenvalue weighted by molar-refractivity contribution is 0.587. The highest BCUT2D eigenvalue weighted by Crippen LogP contribution is 2.27. The van der Waals surface area contributed by atoms with Gasteiger partial charge in [0.1, 0.15) is 5.03 Å². The Morgan fingerprint density at radius 1 is 0.857 bits per heavy atom. The van der Waals surface area contributed by atoms with E-state index in [2.05, 4.69) is 0 Å². The van der Waals surface area contributed by atoms with Crippen LogP contribution in [-0.4, -0.2) is 13.0 Å². The van der Waals surface area contributed by atoms with Crippen LogP contribution in [0.2, 0.25) is 0 Å². The average Bonchev–Trinajstić information content (AvgIpc) is 2.77. The van der Waals surface area contributed by atoms with Gasteiger partial charge in [-0.25, -0.2) is 8.42 Å². The zero-order chi connectivity index (χ0) is 15.2. The van der Waals surface area contributed by atoms with E-state index >= 15 is 0 Å². The SMILES string of the molecule is Cc1ccc(S(=O)(=O)c2cc3ccc(C)cc3n2C)cc1. The molecule has 108 valence electrons. The van der Waals surface area contributed by atoms with Gasteiger partial charge in [-0.05, 0) is 43.7 Å². The Kier molecular flexibility index (Phi) is 3.14. The summed E-state index contributed by atoms with van der Waals surface area (Å²) in [7, 11) is -1.70. The second-order valence-corrected chi connectivity index (χ2v) is 7.32. The Balaban J connectivity index is 2.24. The third-order valence-corrected chi connectivity index (χ3v) is 5.60. The number of nitrogens with zero attached hydrogens (tertiary/aromatic N) is 1. The maximum atomic E-state index is 12.8. The van der Waals surface area contributed by atoms with Crippen LogP contribution in [0.4, 0.5) is 0 Å². The van der Waals surface area contributed by atoms with Gasteiger partial charge in [-0.15, -0.1) is 0 Å². The molecule has 2 aromatic carbocycles. The van der Waals surface area contributed by atoms with Crippen LogP contribution in [0.25, 0.3) is 10.9 Å². The molecule has 0 saturated heterocycles. The van der Waals surface area contributed by atoms with Crippen LogP contribution in [0.1, 0.15) is 11.1 Å². The standard InChI is InChI=1S/C17H17NO2S/c1-12-5-8-15(9-6-12)21(19,20)17-11-14-7-4-13(2)10-16(14)18(17)3/h4-11H,1-3H3. The van der Waals surface area contributed by atoms with E-state index in [1.165, 1.54) is 0 Å². The van der Waals surface area contributed by atoms with Crippen molar-refractivity contribution in [1.29, 1.82) is 0 Å². The third-order valence-electron chi connectivity index (χ3n) is 3.76. The van der Waals surface area contributed by atoms with Gasteiger partial charge in [-0.1, -0.05) is 29.8 Å². The minimum Gasteiger partial charge on any atom is -0.334 e. The maximum Gasteiger partial charge on any atom is 0.222 e. The number of fused-ring (bicyclic) bond motifs is 1. The van der Waals surface area contributed by atoms with Crippen LogP contribution in [0.5, 0.6) is 0 Å². The summed E-state index contributed by atoms with van der Waals surface area (Å²) in [5.41, 5.74) is 3.09. The molecule has 3 rings (SSSR count). The average molecular weight is 299 g/mol. The van der Waals surface area contributed by atoms with E-state index in [-0.39, 0.29) is 0 Å². The first-order chi connectivity index (χ1) is 9.89. The molecule has 21 heavy (non-hydrogen) atoms. The molecular formula is C17H17NO2S. The van der Waals surface area contributed by atoms with Gasteiger partial charge in [0.25, 0.3) is 0 Å². The maximum absolute atomic E-state index is 12.8. The molecule has 0 atom stereocenters. The quantitative estimate of drug-likeness (QED) is 0.725. The summed E-state index contributed by atoms with van der Waals surface area (Å²) in [4.78, 5) is 0.329. The molecular weight excluding hydrogens is 282 g/mol. The normalized spacial score (nSPS) is 12.0. The Bertz CT molecular complexity index is 919. The van der Waals surface area contributed by atoms with E-state index in [4.69, 9.17) is 0 Å². The van der Waals surface area contributed by atoms with Crippen molar-refractivity contribution in [2.75, 3.05) is 0 Å². The highest BCUT2D eigenvalue weighted by Gasteiger charge is 2.22. The molecule has 0 bridgehead atoms. The Labute approximate surface area is 124 Å². The van der Waals surface area contributed by atoms with Crippen LogP contribution in [0.3, 0.4) is 0 Å². The Hall–Kier alpha value is -2.07. The number of aryl methyl sites for hydroxylation is 3. The minimum atomic E-state index is -3.50. The molecule has 3 nitrogen and oxygen atoms in total. The molecule has 4 heteroatoms. The summed E-state index contributed by atoms with van der Waals surface area (Å²) in [5.74, 6) is 0. The first-order valence-electron chi connectivity index (χ1n) is 6.77. The fourth-order valence-corrected chi connectivity index (χ4v) is 3.99. The van der Waals surface area contributed by atoms with Crippen molar-refractivity contribution >= 4 is 20.7 Å². The summed E-state index contributed by atoms with van der Waals surface area (Å²) >= 11 is 0. The number of sulfone groups is 1. The van der Waals surface area contributed by atoms with Crippen LogP contribution in [0, 0.1) is 13.8 Å². The highest BCUT2D eigenvalue weighted by atomic mass is 32.2. The lowest BCUT2D eigenvalue weighted by Crippen LogP contribution is -2.07. The zero-order valence-corrected chi connectivity index (χ0v) is 13.1. The fraction of sp³-hybridized carbons (Fsp3) is 0.176. The lowest BCUT2D eigenvalue weighted by Gasteiger charge is -2.07. The van der Waals surface area contributed by atoms with Gasteiger partial charge in [-0.2, -0.15) is 0 Å². The van der Waals surface area contributed by atoms with Gasteiger partial charge in [0.2, 0.25) is 9.84 Å². The largest absolute Gasteiger partial charge is 0.334 e. The molecule has 0 aliphatic heterocycles. The molecule has 0 fully saturated rings. The number of benzene rings is 2. The first-order valence-corrected chi connectivity index (χ1v) is 8.26. The lowest BCUT2D eigenvalue weighted by atomic mass is 10.2. The predicted molar refractivity (Wildman–Crippen MR) is 84.3 cm³/mol. The smallest absolute Gasteiger partial charge is 0.222 e. The van der Waals surface area contributed by atoms with Gasteiger partial charge in [0.05, 0.1) is 4.90 Å². The number of hydrogen-bond acceptors (Lipinski definition) is 2. The van der Waals surface area contributed by atoms with Gasteiger partial charge in [0, 0.05) is 18.0 Å². The molecule has 0 aliphatic rings. The second kappa shape index (κ2) is 4.74. The molecule has 1 heterocycles. The summed E-state index contributed by atoms with van der Waals surface area (Å²) in [6, 6.07) is 14.7. The molecule has 0 radical (unpaired) electrons. The van der Waals surface area contributed by atoms with Crippen molar-refractivity contribution in [2.24, 2.45) is 7.05 Å². The number of hydrogen-bond donors (Lipinski definition) is 0. The molecule has 0 spiro atoms. The Morgan fingerprint density at radius 3 is 2.14 bits per heavy atom. The Morgan fingerprint density at radius 2 is 1.48 bits per heavy atom.